The van der Waals surface area contributed by atoms with Gasteiger partial charge < -0.3 is 0 Å². The van der Waals surface area contributed by atoms with E-state index >= 15 is 0 Å². The molecule has 8 rings (SSSR count). The summed E-state index contributed by atoms with van der Waals surface area (Å²) in [4.78, 5) is 11.8. The first-order valence-electron chi connectivity index (χ1n) is 13.1. The molecule has 180 valence electrons. The van der Waals surface area contributed by atoms with Crippen molar-refractivity contribution >= 4 is 28.0 Å². The molecule has 3 heterocycles. The maximum atomic E-state index is 4.99. The van der Waals surface area contributed by atoms with E-state index in [0.717, 1.165) is 22.8 Å². The molecule has 3 nitrogen and oxygen atoms in total. The van der Waals surface area contributed by atoms with Gasteiger partial charge in [-0.3, -0.25) is 9.88 Å². The van der Waals surface area contributed by atoms with Crippen LogP contribution < -0.4 is 4.90 Å². The molecular weight excluding hydrogens is 462 g/mol. The van der Waals surface area contributed by atoms with Crippen LogP contribution in [0.4, 0.5) is 17.2 Å². The molecule has 0 radical (unpaired) electrons. The summed E-state index contributed by atoms with van der Waals surface area (Å²) in [6.07, 6.45) is 3.76. The van der Waals surface area contributed by atoms with Gasteiger partial charge in [-0.05, 0) is 75.7 Å². The summed E-state index contributed by atoms with van der Waals surface area (Å²) in [6, 6.07) is 37.1. The Labute approximate surface area is 222 Å². The van der Waals surface area contributed by atoms with Crippen molar-refractivity contribution in [3.05, 3.63) is 127 Å². The first-order valence-corrected chi connectivity index (χ1v) is 13.1. The average molecular weight is 488 g/mol. The molecule has 0 saturated carbocycles. The summed E-state index contributed by atoms with van der Waals surface area (Å²) in [7, 11) is 0. The maximum absolute atomic E-state index is 4.99. The van der Waals surface area contributed by atoms with Crippen molar-refractivity contribution in [1.82, 2.24) is 9.97 Å². The molecule has 0 amide bonds. The summed E-state index contributed by atoms with van der Waals surface area (Å²) in [6.45, 7) is 4.68. The van der Waals surface area contributed by atoms with Gasteiger partial charge in [-0.15, -0.1) is 0 Å². The monoisotopic (exact) mass is 487 g/mol. The molecule has 4 aromatic carbocycles. The van der Waals surface area contributed by atoms with Crippen molar-refractivity contribution in [2.24, 2.45) is 0 Å². The molecule has 0 unspecified atom stereocenters. The fraction of sp³-hybridized carbons (Fsp3) is 0.0857. The Bertz CT molecular complexity index is 1880. The van der Waals surface area contributed by atoms with E-state index in [1.807, 2.05) is 30.6 Å². The van der Waals surface area contributed by atoms with E-state index in [2.05, 4.69) is 109 Å². The average Bonchev–Trinajstić information content (AvgIpc) is 3.19. The number of rotatable bonds is 2. The van der Waals surface area contributed by atoms with Gasteiger partial charge in [0.2, 0.25) is 0 Å². The number of hydrogen-bond acceptors (Lipinski definition) is 3. The number of hydrogen-bond donors (Lipinski definition) is 0. The lowest BCUT2D eigenvalue weighted by molar-refractivity contribution is 0.660. The third-order valence-corrected chi connectivity index (χ3v) is 8.29. The first kappa shape index (κ1) is 21.3. The molecule has 3 heteroatoms. The van der Waals surface area contributed by atoms with Gasteiger partial charge in [0.15, 0.2) is 0 Å². The Morgan fingerprint density at radius 1 is 0.605 bits per heavy atom. The highest BCUT2D eigenvalue weighted by atomic mass is 15.2. The second-order valence-corrected chi connectivity index (χ2v) is 10.7. The largest absolute Gasteiger partial charge is 0.294 e. The molecule has 0 bridgehead atoms. The van der Waals surface area contributed by atoms with E-state index in [1.165, 1.54) is 49.8 Å². The zero-order valence-electron chi connectivity index (χ0n) is 21.3. The lowest BCUT2D eigenvalue weighted by Gasteiger charge is -2.34. The van der Waals surface area contributed by atoms with Crippen LogP contribution in [0.1, 0.15) is 25.0 Å². The molecule has 0 saturated heterocycles. The molecule has 6 aromatic rings. The summed E-state index contributed by atoms with van der Waals surface area (Å²) in [5.74, 6) is 0.904. The molecule has 2 aliphatic rings. The van der Waals surface area contributed by atoms with Crippen LogP contribution in [0, 0.1) is 0 Å². The van der Waals surface area contributed by atoms with Crippen molar-refractivity contribution in [2.75, 3.05) is 4.90 Å². The first-order chi connectivity index (χ1) is 18.6. The Hall–Kier alpha value is -4.76. The quantitative estimate of drug-likeness (QED) is 0.244. The normalized spacial score (nSPS) is 14.2. The van der Waals surface area contributed by atoms with E-state index in [9.17, 15) is 0 Å². The van der Waals surface area contributed by atoms with Crippen LogP contribution in [0.25, 0.3) is 44.3 Å². The molecule has 0 fully saturated rings. The van der Waals surface area contributed by atoms with Crippen LogP contribution in [0.3, 0.4) is 0 Å². The van der Waals surface area contributed by atoms with Crippen LogP contribution >= 0.6 is 0 Å². The maximum Gasteiger partial charge on any atom is 0.137 e. The molecule has 0 atom stereocenters. The Morgan fingerprint density at radius 3 is 2.24 bits per heavy atom. The van der Waals surface area contributed by atoms with Gasteiger partial charge in [0.1, 0.15) is 5.82 Å². The number of fused-ring (bicyclic) bond motifs is 5. The predicted molar refractivity (Wildman–Crippen MR) is 156 cm³/mol. The number of nitrogens with zero attached hydrogens (tertiary/aromatic N) is 3. The Kier molecular flexibility index (Phi) is 4.28. The van der Waals surface area contributed by atoms with Gasteiger partial charge in [0.25, 0.3) is 0 Å². The minimum Gasteiger partial charge on any atom is -0.294 e. The molecule has 2 aromatic heterocycles. The van der Waals surface area contributed by atoms with Crippen LogP contribution in [-0.4, -0.2) is 9.97 Å². The third-order valence-electron chi connectivity index (χ3n) is 8.29. The van der Waals surface area contributed by atoms with E-state index in [4.69, 9.17) is 4.98 Å². The lowest BCUT2D eigenvalue weighted by atomic mass is 9.81. The van der Waals surface area contributed by atoms with E-state index in [1.54, 1.807) is 0 Å². The summed E-state index contributed by atoms with van der Waals surface area (Å²) >= 11 is 0. The standard InChI is InChI=1S/C35H25N3/c1-35(2)28-13-4-3-11-24(28)26-19-27-25-12-7-9-22-10-8-15-31(34(22)25)38(32(27)20-29(26)35)33-17-16-23(21-37-33)30-14-5-6-18-36-30/h3-21H,1-2H3. The van der Waals surface area contributed by atoms with E-state index in [-0.39, 0.29) is 5.41 Å². The van der Waals surface area contributed by atoms with Gasteiger partial charge in [-0.2, -0.15) is 0 Å². The fourth-order valence-corrected chi connectivity index (χ4v) is 6.45. The zero-order chi connectivity index (χ0) is 25.4. The minimum atomic E-state index is -0.0775. The molecule has 0 spiro atoms. The second kappa shape index (κ2) is 7.62. The molecule has 38 heavy (non-hydrogen) atoms. The van der Waals surface area contributed by atoms with Crippen LogP contribution in [0.15, 0.2) is 116 Å². The molecule has 1 aliphatic heterocycles. The fourth-order valence-electron chi connectivity index (χ4n) is 6.45. The highest BCUT2D eigenvalue weighted by molar-refractivity contribution is 6.14. The number of anilines is 3. The topological polar surface area (TPSA) is 29.0 Å². The Balaban J connectivity index is 1.40. The SMILES string of the molecule is CC1(C)c2ccccc2-c2cc3c(cc21)N(c1ccc(-c2ccccn2)cn1)c1cccc2cccc-3c12. The van der Waals surface area contributed by atoms with Crippen LogP contribution in [0.2, 0.25) is 0 Å². The summed E-state index contributed by atoms with van der Waals surface area (Å²) in [5.41, 5.74) is 12.1. The van der Waals surface area contributed by atoms with Gasteiger partial charge in [0, 0.05) is 34.3 Å². The molecule has 1 aliphatic carbocycles. The summed E-state index contributed by atoms with van der Waals surface area (Å²) < 4.78 is 0. The molecule has 0 N–H and O–H groups in total. The zero-order valence-corrected chi connectivity index (χ0v) is 21.3. The van der Waals surface area contributed by atoms with Crippen LogP contribution in [-0.2, 0) is 5.41 Å². The number of aromatic nitrogens is 2. The predicted octanol–water partition coefficient (Wildman–Crippen LogP) is 9.05. The lowest BCUT2D eigenvalue weighted by Crippen LogP contribution is -2.19. The minimum absolute atomic E-state index is 0.0775. The smallest absolute Gasteiger partial charge is 0.137 e. The van der Waals surface area contributed by atoms with E-state index < -0.39 is 0 Å². The van der Waals surface area contributed by atoms with Crippen molar-refractivity contribution in [2.45, 2.75) is 19.3 Å². The van der Waals surface area contributed by atoms with E-state index in [0.29, 0.717) is 0 Å². The Morgan fingerprint density at radius 2 is 1.42 bits per heavy atom. The second-order valence-electron chi connectivity index (χ2n) is 10.7. The van der Waals surface area contributed by atoms with Crippen molar-refractivity contribution in [3.63, 3.8) is 0 Å². The number of pyridine rings is 2. The van der Waals surface area contributed by atoms with Gasteiger partial charge in [-0.25, -0.2) is 4.98 Å². The highest BCUT2D eigenvalue weighted by Crippen LogP contribution is 2.56. The number of benzene rings is 4. The van der Waals surface area contributed by atoms with Crippen LogP contribution in [0.5, 0.6) is 0 Å². The van der Waals surface area contributed by atoms with Gasteiger partial charge in [-0.1, -0.05) is 74.5 Å². The highest BCUT2D eigenvalue weighted by Gasteiger charge is 2.38. The van der Waals surface area contributed by atoms with Crippen molar-refractivity contribution in [1.29, 1.82) is 0 Å². The third kappa shape index (κ3) is 2.84. The van der Waals surface area contributed by atoms with Gasteiger partial charge >= 0.3 is 0 Å². The molecular formula is C35H25N3. The van der Waals surface area contributed by atoms with Gasteiger partial charge in [0.05, 0.1) is 17.1 Å². The van der Waals surface area contributed by atoms with Crippen molar-refractivity contribution in [3.8, 4) is 33.5 Å². The van der Waals surface area contributed by atoms with Crippen molar-refractivity contribution < 1.29 is 0 Å². The summed E-state index contributed by atoms with van der Waals surface area (Å²) in [5, 5.41) is 2.51.